The Morgan fingerprint density at radius 3 is 2.08 bits per heavy atom. The summed E-state index contributed by atoms with van der Waals surface area (Å²) in [4.78, 5) is 13.4. The van der Waals surface area contributed by atoms with Crippen molar-refractivity contribution in [3.63, 3.8) is 0 Å². The molecular formula is C30H37N2O8. The van der Waals surface area contributed by atoms with Crippen LogP contribution in [-0.2, 0) is 14.7 Å². The van der Waals surface area contributed by atoms with Gasteiger partial charge in [0.1, 0.15) is 0 Å². The molecule has 0 saturated carbocycles. The summed E-state index contributed by atoms with van der Waals surface area (Å²) in [6.07, 6.45) is 1.33. The van der Waals surface area contributed by atoms with Crippen molar-refractivity contribution in [3.05, 3.63) is 41.0 Å². The predicted molar refractivity (Wildman–Crippen MR) is 143 cm³/mol. The number of benzene rings is 2. The van der Waals surface area contributed by atoms with Gasteiger partial charge < -0.3 is 34.1 Å². The monoisotopic (exact) mass is 553 g/mol. The minimum atomic E-state index is -0.547. The van der Waals surface area contributed by atoms with Gasteiger partial charge in [0, 0.05) is 35.0 Å². The number of ether oxygens (including phenoxy) is 5. The molecule has 0 spiro atoms. The first-order chi connectivity index (χ1) is 18.9. The molecule has 0 bridgehead atoms. The van der Waals surface area contributed by atoms with Crippen molar-refractivity contribution < 1.29 is 38.8 Å². The quantitative estimate of drug-likeness (QED) is 0.528. The van der Waals surface area contributed by atoms with Crippen LogP contribution in [0, 0.1) is 11.8 Å². The Hall–Kier alpha value is -3.21. The number of carbonyl (C=O) groups excluding carboxylic acids is 1. The fraction of sp³-hybridized carbons (Fsp3) is 0.567. The third-order valence-electron chi connectivity index (χ3n) is 9.06. The average Bonchev–Trinajstić information content (AvgIpc) is 3.52. The number of phenolic OH excluding ortho intramolecular Hbond substituents is 1. The van der Waals surface area contributed by atoms with Crippen molar-refractivity contribution in [3.8, 4) is 28.7 Å². The van der Waals surface area contributed by atoms with E-state index < -0.39 is 22.9 Å². The number of hydroxylamine groups is 2. The van der Waals surface area contributed by atoms with E-state index in [-0.39, 0.29) is 54.6 Å². The number of carbonyl (C=O) groups is 1. The zero-order valence-corrected chi connectivity index (χ0v) is 23.8. The molecule has 1 aliphatic carbocycles. The highest BCUT2D eigenvalue weighted by Gasteiger charge is 2.54. The topological polar surface area (TPSA) is 119 Å². The van der Waals surface area contributed by atoms with Gasteiger partial charge in [-0.2, -0.15) is 0 Å². The normalized spacial score (nSPS) is 28.5. The van der Waals surface area contributed by atoms with Crippen LogP contribution >= 0.6 is 0 Å². The van der Waals surface area contributed by atoms with Crippen LogP contribution in [-0.4, -0.2) is 60.9 Å². The second-order valence-electron chi connectivity index (χ2n) is 12.6. The van der Waals surface area contributed by atoms with Gasteiger partial charge in [-0.1, -0.05) is 0 Å². The third kappa shape index (κ3) is 4.15. The van der Waals surface area contributed by atoms with Crippen molar-refractivity contribution in [2.24, 2.45) is 11.8 Å². The molecule has 2 N–H and O–H groups in total. The first-order valence-electron chi connectivity index (χ1n) is 13.7. The van der Waals surface area contributed by atoms with E-state index in [2.05, 4.69) is 5.32 Å². The number of phenols is 1. The molecule has 4 unspecified atom stereocenters. The van der Waals surface area contributed by atoms with E-state index in [1.165, 1.54) is 19.3 Å². The summed E-state index contributed by atoms with van der Waals surface area (Å²) < 4.78 is 28.2. The number of hydrogen-bond donors (Lipinski definition) is 2. The smallest absolute Gasteiger partial charge is 0.310 e. The second-order valence-corrected chi connectivity index (χ2v) is 12.6. The summed E-state index contributed by atoms with van der Waals surface area (Å²) in [5, 5.41) is 28.7. The molecule has 2 fully saturated rings. The van der Waals surface area contributed by atoms with E-state index in [0.29, 0.717) is 24.3 Å². The van der Waals surface area contributed by atoms with Crippen LogP contribution in [0.25, 0.3) is 0 Å². The average molecular weight is 554 g/mol. The highest BCUT2D eigenvalue weighted by atomic mass is 16.7. The molecule has 10 nitrogen and oxygen atoms in total. The van der Waals surface area contributed by atoms with Gasteiger partial charge in [-0.3, -0.25) is 4.79 Å². The summed E-state index contributed by atoms with van der Waals surface area (Å²) in [6, 6.07) is 7.30. The van der Waals surface area contributed by atoms with Crippen molar-refractivity contribution in [1.29, 1.82) is 0 Å². The molecular weight excluding hydrogens is 516 g/mol. The summed E-state index contributed by atoms with van der Waals surface area (Å²) in [6.45, 7) is 8.32. The summed E-state index contributed by atoms with van der Waals surface area (Å²) in [5.74, 6) is 0.347. The van der Waals surface area contributed by atoms with Crippen LogP contribution in [0.1, 0.15) is 69.2 Å². The minimum Gasteiger partial charge on any atom is -0.502 e. The van der Waals surface area contributed by atoms with E-state index in [9.17, 15) is 15.1 Å². The first-order valence-corrected chi connectivity index (χ1v) is 13.7. The lowest BCUT2D eigenvalue weighted by Crippen LogP contribution is -2.62. The molecule has 2 aromatic rings. The molecule has 10 heteroatoms. The van der Waals surface area contributed by atoms with E-state index in [0.717, 1.165) is 16.7 Å². The zero-order valence-electron chi connectivity index (χ0n) is 23.8. The lowest BCUT2D eigenvalue weighted by atomic mass is 9.65. The third-order valence-corrected chi connectivity index (χ3v) is 9.06. The van der Waals surface area contributed by atoms with Crippen molar-refractivity contribution >= 4 is 5.97 Å². The van der Waals surface area contributed by atoms with Crippen molar-refractivity contribution in [1.82, 2.24) is 10.4 Å². The lowest BCUT2D eigenvalue weighted by molar-refractivity contribution is -0.290. The number of fused-ring (bicyclic) bond motifs is 3. The molecule has 4 atom stereocenters. The van der Waals surface area contributed by atoms with E-state index in [4.69, 9.17) is 23.7 Å². The maximum absolute atomic E-state index is 13.4. The maximum Gasteiger partial charge on any atom is 0.310 e. The van der Waals surface area contributed by atoms with Crippen LogP contribution in [0.2, 0.25) is 0 Å². The predicted octanol–water partition coefficient (Wildman–Crippen LogP) is 4.07. The standard InChI is InChI=1S/C30H37N2O8/c1-29(2)11-16(12-30(3,4)32(29)35)31-26-18-10-21-20(39-14-40-21)9-17(18)24(25-19(26)13-38-28(25)34)15-7-22(36-5)27(33)23(8-15)37-6/h7-10,16,19,24-26,31,33H,11-14H2,1-6H3. The molecule has 2 saturated heterocycles. The summed E-state index contributed by atoms with van der Waals surface area (Å²) in [5.41, 5.74) is 1.58. The number of nitrogens with zero attached hydrogens (tertiary/aromatic N) is 1. The van der Waals surface area contributed by atoms with Gasteiger partial charge in [-0.05, 0) is 81.5 Å². The van der Waals surface area contributed by atoms with Crippen LogP contribution in [0.3, 0.4) is 0 Å². The fourth-order valence-corrected chi connectivity index (χ4v) is 7.50. The number of piperidine rings is 1. The van der Waals surface area contributed by atoms with Gasteiger partial charge >= 0.3 is 5.97 Å². The van der Waals surface area contributed by atoms with E-state index >= 15 is 0 Å². The minimum absolute atomic E-state index is 0.0419. The highest BCUT2D eigenvalue weighted by Crippen LogP contribution is 2.56. The molecule has 0 amide bonds. The molecule has 3 heterocycles. The number of nitrogens with one attached hydrogen (secondary N) is 1. The summed E-state index contributed by atoms with van der Waals surface area (Å²) >= 11 is 0. The Morgan fingerprint density at radius 1 is 0.925 bits per heavy atom. The van der Waals surface area contributed by atoms with Gasteiger partial charge in [0.15, 0.2) is 23.0 Å². The van der Waals surface area contributed by atoms with E-state index in [1.807, 2.05) is 39.8 Å². The van der Waals surface area contributed by atoms with Gasteiger partial charge in [-0.15, -0.1) is 10.3 Å². The Labute approximate surface area is 234 Å². The number of cyclic esters (lactones) is 1. The molecule has 0 aromatic heterocycles. The van der Waals surface area contributed by atoms with Gasteiger partial charge in [0.05, 0.1) is 26.7 Å². The first kappa shape index (κ1) is 27.0. The maximum atomic E-state index is 13.4. The molecule has 40 heavy (non-hydrogen) atoms. The molecule has 1 radical (unpaired) electrons. The SMILES string of the molecule is COc1cc(C2c3cc4c(cc3C(NC3CC(C)(C)N([O])C(C)(C)C3)C3COC(=O)C23)OCO4)cc(OC)c1O. The molecule has 6 rings (SSSR count). The van der Waals surface area contributed by atoms with Crippen LogP contribution in [0.4, 0.5) is 0 Å². The van der Waals surface area contributed by atoms with Crippen LogP contribution in [0.15, 0.2) is 24.3 Å². The Balaban J connectivity index is 1.49. The Bertz CT molecular complexity index is 1300. The van der Waals surface area contributed by atoms with Crippen molar-refractivity contribution in [2.75, 3.05) is 27.6 Å². The Morgan fingerprint density at radius 2 is 1.50 bits per heavy atom. The molecule has 3 aliphatic heterocycles. The number of esters is 1. The zero-order chi connectivity index (χ0) is 28.6. The highest BCUT2D eigenvalue weighted by molar-refractivity contribution is 5.79. The number of hydrogen-bond acceptors (Lipinski definition) is 9. The number of methoxy groups -OCH3 is 2. The Kier molecular flexibility index (Phi) is 6.36. The lowest BCUT2D eigenvalue weighted by Gasteiger charge is -2.51. The molecule has 4 aliphatic rings. The van der Waals surface area contributed by atoms with Gasteiger partial charge in [0.25, 0.3) is 0 Å². The van der Waals surface area contributed by atoms with Gasteiger partial charge in [0.2, 0.25) is 12.5 Å². The van der Waals surface area contributed by atoms with Gasteiger partial charge in [-0.25, -0.2) is 0 Å². The second kappa shape index (κ2) is 9.43. The molecule has 2 aromatic carbocycles. The number of aromatic hydroxyl groups is 1. The number of rotatable bonds is 5. The largest absolute Gasteiger partial charge is 0.502 e. The van der Waals surface area contributed by atoms with Crippen LogP contribution < -0.4 is 24.3 Å². The van der Waals surface area contributed by atoms with Crippen LogP contribution in [0.5, 0.6) is 28.7 Å². The van der Waals surface area contributed by atoms with Crippen molar-refractivity contribution in [2.45, 2.75) is 69.6 Å². The fourth-order valence-electron chi connectivity index (χ4n) is 7.50. The van der Waals surface area contributed by atoms with E-state index in [1.54, 1.807) is 12.1 Å². The molecule has 215 valence electrons. The summed E-state index contributed by atoms with van der Waals surface area (Å²) in [7, 11) is 2.96.